The summed E-state index contributed by atoms with van der Waals surface area (Å²) in [5, 5.41) is 4.03. The van der Waals surface area contributed by atoms with Crippen LogP contribution in [0.4, 0.5) is 5.13 Å². The number of H-pyrrole nitrogens is 1. The number of aryl methyl sites for hydroxylation is 2. The van der Waals surface area contributed by atoms with Gasteiger partial charge in [0.25, 0.3) is 5.56 Å². The first-order chi connectivity index (χ1) is 13.9. The Hall–Kier alpha value is -2.43. The maximum absolute atomic E-state index is 12.3. The summed E-state index contributed by atoms with van der Waals surface area (Å²) in [5.74, 6) is 1.87. The van der Waals surface area contributed by atoms with Crippen LogP contribution in [0.15, 0.2) is 23.0 Å². The van der Waals surface area contributed by atoms with Gasteiger partial charge in [0.1, 0.15) is 16.4 Å². The van der Waals surface area contributed by atoms with E-state index in [2.05, 4.69) is 20.3 Å². The zero-order valence-corrected chi connectivity index (χ0v) is 18.4. The molecule has 0 fully saturated rings. The molecule has 3 aromatic heterocycles. The number of fused-ring (bicyclic) bond motifs is 2. The highest BCUT2D eigenvalue weighted by Crippen LogP contribution is 2.29. The third kappa shape index (κ3) is 4.14. The summed E-state index contributed by atoms with van der Waals surface area (Å²) in [4.78, 5) is 38.2. The van der Waals surface area contributed by atoms with Gasteiger partial charge in [-0.3, -0.25) is 9.59 Å². The summed E-state index contributed by atoms with van der Waals surface area (Å²) in [6, 6.07) is 5.59. The second-order valence-corrected chi connectivity index (χ2v) is 9.59. The molecule has 0 aliphatic heterocycles. The molecule has 150 valence electrons. The Balaban J connectivity index is 1.38. The number of hydrogen-bond acceptors (Lipinski definition) is 8. The molecule has 0 bridgehead atoms. The van der Waals surface area contributed by atoms with Gasteiger partial charge in [0.05, 0.1) is 34.2 Å². The van der Waals surface area contributed by atoms with Crippen LogP contribution >= 0.6 is 34.4 Å². The first-order valence-corrected chi connectivity index (χ1v) is 11.5. The quantitative estimate of drug-likeness (QED) is 0.463. The van der Waals surface area contributed by atoms with Gasteiger partial charge in [-0.25, -0.2) is 9.97 Å². The maximum Gasteiger partial charge on any atom is 0.259 e. The molecule has 10 heteroatoms. The fraction of sp³-hybridized carbons (Fsp3) is 0.263. The highest BCUT2D eigenvalue weighted by atomic mass is 32.2. The Morgan fingerprint density at radius 2 is 2.10 bits per heavy atom. The van der Waals surface area contributed by atoms with E-state index in [-0.39, 0.29) is 17.2 Å². The van der Waals surface area contributed by atoms with Gasteiger partial charge < -0.3 is 15.0 Å². The molecule has 4 rings (SSSR count). The Morgan fingerprint density at radius 1 is 1.28 bits per heavy atom. The van der Waals surface area contributed by atoms with E-state index < -0.39 is 0 Å². The largest absolute Gasteiger partial charge is 0.497 e. The molecule has 3 heterocycles. The van der Waals surface area contributed by atoms with Crippen LogP contribution in [-0.4, -0.2) is 33.7 Å². The predicted molar refractivity (Wildman–Crippen MR) is 121 cm³/mol. The van der Waals surface area contributed by atoms with Crippen molar-refractivity contribution in [3.05, 3.63) is 44.8 Å². The minimum atomic E-state index is -0.146. The van der Waals surface area contributed by atoms with E-state index in [0.29, 0.717) is 22.1 Å². The summed E-state index contributed by atoms with van der Waals surface area (Å²) in [6.07, 6.45) is 0. The number of rotatable bonds is 6. The van der Waals surface area contributed by atoms with E-state index in [9.17, 15) is 9.59 Å². The number of thioether (sulfide) groups is 1. The van der Waals surface area contributed by atoms with Crippen molar-refractivity contribution in [3.63, 3.8) is 0 Å². The number of ether oxygens (including phenoxy) is 1. The highest BCUT2D eigenvalue weighted by Gasteiger charge is 2.13. The van der Waals surface area contributed by atoms with E-state index in [1.165, 1.54) is 34.4 Å². The minimum absolute atomic E-state index is 0.123. The number of aromatic amines is 1. The first kappa shape index (κ1) is 19.9. The first-order valence-electron chi connectivity index (χ1n) is 8.75. The molecule has 0 aliphatic carbocycles. The highest BCUT2D eigenvalue weighted by molar-refractivity contribution is 7.99. The lowest BCUT2D eigenvalue weighted by atomic mass is 10.2. The summed E-state index contributed by atoms with van der Waals surface area (Å²) in [5.41, 5.74) is 1.67. The van der Waals surface area contributed by atoms with Gasteiger partial charge in [-0.1, -0.05) is 11.3 Å². The van der Waals surface area contributed by atoms with Gasteiger partial charge in [-0.05, 0) is 37.6 Å². The van der Waals surface area contributed by atoms with Gasteiger partial charge >= 0.3 is 0 Å². The van der Waals surface area contributed by atoms with Gasteiger partial charge in [0.15, 0.2) is 5.13 Å². The van der Waals surface area contributed by atoms with Gasteiger partial charge in [0, 0.05) is 4.88 Å². The molecule has 0 spiro atoms. The third-order valence-electron chi connectivity index (χ3n) is 4.40. The zero-order chi connectivity index (χ0) is 20.5. The number of carbonyl (C=O) groups is 1. The van der Waals surface area contributed by atoms with Crippen molar-refractivity contribution < 1.29 is 9.53 Å². The van der Waals surface area contributed by atoms with Gasteiger partial charge in [0.2, 0.25) is 5.91 Å². The second kappa shape index (κ2) is 8.13. The van der Waals surface area contributed by atoms with Crippen molar-refractivity contribution in [1.82, 2.24) is 15.0 Å². The monoisotopic (exact) mass is 446 g/mol. The third-order valence-corrected chi connectivity index (χ3v) is 7.38. The lowest BCUT2D eigenvalue weighted by Gasteiger charge is -2.02. The molecule has 0 saturated carbocycles. The topological polar surface area (TPSA) is 97.0 Å². The number of benzene rings is 1. The zero-order valence-electron chi connectivity index (χ0n) is 16.0. The Morgan fingerprint density at radius 3 is 2.90 bits per heavy atom. The molecule has 0 aliphatic rings. The van der Waals surface area contributed by atoms with Crippen LogP contribution < -0.4 is 15.6 Å². The number of anilines is 1. The average Bonchev–Trinajstić information content (AvgIpc) is 3.20. The lowest BCUT2D eigenvalue weighted by Crippen LogP contribution is -2.15. The maximum atomic E-state index is 12.3. The Bertz CT molecular complexity index is 1280. The van der Waals surface area contributed by atoms with Gasteiger partial charge in [-0.2, -0.15) is 0 Å². The summed E-state index contributed by atoms with van der Waals surface area (Å²) in [6.45, 7) is 3.92. The molecule has 0 radical (unpaired) electrons. The number of hydrogen-bond donors (Lipinski definition) is 2. The van der Waals surface area contributed by atoms with E-state index in [1.807, 2.05) is 32.0 Å². The molecule has 7 nitrogen and oxygen atoms in total. The lowest BCUT2D eigenvalue weighted by molar-refractivity contribution is -0.113. The Labute approximate surface area is 178 Å². The van der Waals surface area contributed by atoms with Crippen molar-refractivity contribution >= 4 is 65.9 Å². The summed E-state index contributed by atoms with van der Waals surface area (Å²) >= 11 is 4.31. The van der Waals surface area contributed by atoms with Crippen molar-refractivity contribution in [1.29, 1.82) is 0 Å². The SMILES string of the molecule is COc1ccc2nc(NC(=O)CSCc3nc4sc(C)c(C)c4c(=O)[nH]3)sc2c1. The molecule has 4 aromatic rings. The second-order valence-electron chi connectivity index (χ2n) is 6.37. The molecule has 2 N–H and O–H groups in total. The number of nitrogens with zero attached hydrogens (tertiary/aromatic N) is 2. The number of nitrogens with one attached hydrogen (secondary N) is 2. The van der Waals surface area contributed by atoms with Crippen molar-refractivity contribution in [3.8, 4) is 5.75 Å². The number of carbonyl (C=O) groups excluding carboxylic acids is 1. The van der Waals surface area contributed by atoms with E-state index in [0.717, 1.165) is 31.2 Å². The van der Waals surface area contributed by atoms with Crippen LogP contribution in [-0.2, 0) is 10.5 Å². The summed E-state index contributed by atoms with van der Waals surface area (Å²) < 4.78 is 6.16. The Kier molecular flexibility index (Phi) is 5.57. The van der Waals surface area contributed by atoms with Crippen molar-refractivity contribution in [2.45, 2.75) is 19.6 Å². The van der Waals surface area contributed by atoms with E-state index in [4.69, 9.17) is 4.74 Å². The average molecular weight is 447 g/mol. The summed E-state index contributed by atoms with van der Waals surface area (Å²) in [7, 11) is 1.61. The molecule has 1 amide bonds. The van der Waals surface area contributed by atoms with Crippen LogP contribution in [0.2, 0.25) is 0 Å². The standard InChI is InChI=1S/C19H18N4O3S3/c1-9-10(2)28-18-16(9)17(25)21-14(22-18)7-27-8-15(24)23-19-20-12-5-4-11(26-3)6-13(12)29-19/h4-6H,7-8H2,1-3H3,(H,20,23,24)(H,21,22,25). The number of thiophene rings is 1. The number of methoxy groups -OCH3 is 1. The molecule has 29 heavy (non-hydrogen) atoms. The molecule has 1 aromatic carbocycles. The molecule has 0 atom stereocenters. The van der Waals surface area contributed by atoms with Crippen LogP contribution in [0.1, 0.15) is 16.3 Å². The number of thiazole rings is 1. The molecular formula is C19H18N4O3S3. The number of aromatic nitrogens is 3. The van der Waals surface area contributed by atoms with Crippen molar-refractivity contribution in [2.75, 3.05) is 18.2 Å². The number of amides is 1. The van der Waals surface area contributed by atoms with Crippen molar-refractivity contribution in [2.24, 2.45) is 0 Å². The van der Waals surface area contributed by atoms with Crippen LogP contribution in [0, 0.1) is 13.8 Å². The molecular weight excluding hydrogens is 428 g/mol. The molecule has 0 saturated heterocycles. The van der Waals surface area contributed by atoms with E-state index in [1.54, 1.807) is 7.11 Å². The fourth-order valence-corrected chi connectivity index (χ4v) is 5.50. The minimum Gasteiger partial charge on any atom is -0.497 e. The van der Waals surface area contributed by atoms with Crippen LogP contribution in [0.5, 0.6) is 5.75 Å². The van der Waals surface area contributed by atoms with Crippen LogP contribution in [0.3, 0.4) is 0 Å². The smallest absolute Gasteiger partial charge is 0.259 e. The van der Waals surface area contributed by atoms with Gasteiger partial charge in [-0.15, -0.1) is 23.1 Å². The normalized spacial score (nSPS) is 11.3. The van der Waals surface area contributed by atoms with E-state index >= 15 is 0 Å². The predicted octanol–water partition coefficient (Wildman–Crippen LogP) is 4.09. The molecule has 0 unspecified atom stereocenters. The fourth-order valence-electron chi connectivity index (χ4n) is 2.85. The van der Waals surface area contributed by atoms with Crippen LogP contribution in [0.25, 0.3) is 20.4 Å².